The Morgan fingerprint density at radius 3 is 2.35 bits per heavy atom. The Bertz CT molecular complexity index is 272. The molecular weight excluding hydrogens is 230 g/mol. The summed E-state index contributed by atoms with van der Waals surface area (Å²) in [5.41, 5.74) is -0.123. The van der Waals surface area contributed by atoms with Crippen molar-refractivity contribution in [2.45, 2.75) is 59.0 Å². The van der Waals surface area contributed by atoms with Crippen LogP contribution in [-0.4, -0.2) is 22.7 Å². The van der Waals surface area contributed by atoms with Crippen molar-refractivity contribution in [2.75, 3.05) is 11.5 Å². The van der Waals surface area contributed by atoms with E-state index >= 15 is 0 Å². The van der Waals surface area contributed by atoms with E-state index in [4.69, 9.17) is 0 Å². The van der Waals surface area contributed by atoms with E-state index in [0.717, 1.165) is 43.6 Å². The van der Waals surface area contributed by atoms with Crippen LogP contribution < -0.4 is 0 Å². The topological polar surface area (TPSA) is 44.0 Å². The summed E-state index contributed by atoms with van der Waals surface area (Å²) in [5, 5.41) is 19.7. The number of thioether (sulfide) groups is 1. The Morgan fingerprint density at radius 2 is 1.88 bits per heavy atom. The number of rotatable bonds is 5. The van der Waals surface area contributed by atoms with E-state index in [1.165, 1.54) is 0 Å². The molecule has 0 aromatic carbocycles. The molecule has 0 saturated heterocycles. The molecule has 1 aliphatic rings. The minimum absolute atomic E-state index is 0.345. The van der Waals surface area contributed by atoms with Gasteiger partial charge in [0.1, 0.15) is 0 Å². The molecule has 98 valence electrons. The van der Waals surface area contributed by atoms with E-state index in [2.05, 4.69) is 26.8 Å². The Labute approximate surface area is 110 Å². The highest BCUT2D eigenvalue weighted by molar-refractivity contribution is 7.99. The Hall–Kier alpha value is -0.200. The Balaban J connectivity index is 2.55. The standard InChI is InChI=1S/C14H25NOS/c1-4-17-10-5-12(16)14(11-15)8-6-13(2,3)7-9-14/h12,16H,4-10H2,1-3H3. The van der Waals surface area contributed by atoms with Crippen LogP contribution in [0.2, 0.25) is 0 Å². The number of hydrogen-bond acceptors (Lipinski definition) is 3. The third kappa shape index (κ3) is 3.89. The molecule has 0 amide bonds. The van der Waals surface area contributed by atoms with E-state index in [0.29, 0.717) is 5.41 Å². The van der Waals surface area contributed by atoms with Gasteiger partial charge in [-0.05, 0) is 49.0 Å². The number of nitriles is 1. The molecule has 1 atom stereocenters. The van der Waals surface area contributed by atoms with Gasteiger partial charge in [0.25, 0.3) is 0 Å². The second-order valence-electron chi connectivity index (χ2n) is 5.93. The summed E-state index contributed by atoms with van der Waals surface area (Å²) < 4.78 is 0. The van der Waals surface area contributed by atoms with Gasteiger partial charge < -0.3 is 5.11 Å². The molecule has 0 aliphatic heterocycles. The summed E-state index contributed by atoms with van der Waals surface area (Å²) in [6.07, 6.45) is 4.13. The molecule has 0 aromatic rings. The van der Waals surface area contributed by atoms with Gasteiger partial charge in [-0.2, -0.15) is 17.0 Å². The molecule has 1 N–H and O–H groups in total. The van der Waals surface area contributed by atoms with Gasteiger partial charge in [0.2, 0.25) is 0 Å². The maximum Gasteiger partial charge on any atom is 0.0833 e. The minimum Gasteiger partial charge on any atom is -0.391 e. The van der Waals surface area contributed by atoms with Crippen molar-refractivity contribution >= 4 is 11.8 Å². The molecule has 1 unspecified atom stereocenters. The van der Waals surface area contributed by atoms with E-state index in [9.17, 15) is 10.4 Å². The molecule has 1 saturated carbocycles. The molecular formula is C14H25NOS. The van der Waals surface area contributed by atoms with Crippen molar-refractivity contribution in [1.82, 2.24) is 0 Å². The summed E-state index contributed by atoms with van der Waals surface area (Å²) in [6.45, 7) is 6.64. The van der Waals surface area contributed by atoms with Crippen molar-refractivity contribution in [3.63, 3.8) is 0 Å². The van der Waals surface area contributed by atoms with E-state index < -0.39 is 11.5 Å². The van der Waals surface area contributed by atoms with Crippen LogP contribution in [0.5, 0.6) is 0 Å². The van der Waals surface area contributed by atoms with Crippen molar-refractivity contribution in [3.05, 3.63) is 0 Å². The third-order valence-electron chi connectivity index (χ3n) is 4.10. The van der Waals surface area contributed by atoms with Crippen LogP contribution in [0.4, 0.5) is 0 Å². The van der Waals surface area contributed by atoms with Crippen LogP contribution in [0.1, 0.15) is 52.9 Å². The van der Waals surface area contributed by atoms with E-state index in [-0.39, 0.29) is 0 Å². The number of hydrogen-bond donors (Lipinski definition) is 1. The SMILES string of the molecule is CCSCCC(O)C1(C#N)CCC(C)(C)CC1. The largest absolute Gasteiger partial charge is 0.391 e. The third-order valence-corrected chi connectivity index (χ3v) is 5.03. The smallest absolute Gasteiger partial charge is 0.0833 e. The number of aliphatic hydroxyl groups excluding tert-OH is 1. The van der Waals surface area contributed by atoms with Crippen LogP contribution in [0.3, 0.4) is 0 Å². The molecule has 0 radical (unpaired) electrons. The molecule has 3 heteroatoms. The maximum absolute atomic E-state index is 10.3. The van der Waals surface area contributed by atoms with Crippen LogP contribution in [-0.2, 0) is 0 Å². The van der Waals surface area contributed by atoms with Gasteiger partial charge in [0, 0.05) is 0 Å². The summed E-state index contributed by atoms with van der Waals surface area (Å²) in [7, 11) is 0. The highest BCUT2D eigenvalue weighted by atomic mass is 32.2. The lowest BCUT2D eigenvalue weighted by atomic mass is 9.63. The maximum atomic E-state index is 10.3. The van der Waals surface area contributed by atoms with Crippen LogP contribution >= 0.6 is 11.8 Å². The van der Waals surface area contributed by atoms with Gasteiger partial charge in [-0.1, -0.05) is 20.8 Å². The van der Waals surface area contributed by atoms with Gasteiger partial charge in [0.15, 0.2) is 0 Å². The van der Waals surface area contributed by atoms with Crippen molar-refractivity contribution in [3.8, 4) is 6.07 Å². The van der Waals surface area contributed by atoms with E-state index in [1.54, 1.807) is 0 Å². The predicted molar refractivity (Wildman–Crippen MR) is 73.9 cm³/mol. The Morgan fingerprint density at radius 1 is 1.29 bits per heavy atom. The normalized spacial score (nSPS) is 23.9. The second kappa shape index (κ2) is 6.11. The zero-order valence-corrected chi connectivity index (χ0v) is 12.1. The fraction of sp³-hybridized carbons (Fsp3) is 0.929. The van der Waals surface area contributed by atoms with E-state index in [1.807, 2.05) is 11.8 Å². The molecule has 1 aliphatic carbocycles. The van der Waals surface area contributed by atoms with Gasteiger partial charge in [-0.15, -0.1) is 0 Å². The quantitative estimate of drug-likeness (QED) is 0.763. The molecule has 2 nitrogen and oxygen atoms in total. The monoisotopic (exact) mass is 255 g/mol. The van der Waals surface area contributed by atoms with Crippen molar-refractivity contribution < 1.29 is 5.11 Å². The highest BCUT2D eigenvalue weighted by Crippen LogP contribution is 2.47. The Kier molecular flexibility index (Phi) is 5.34. The first-order valence-corrected chi connectivity index (χ1v) is 7.78. The van der Waals surface area contributed by atoms with Crippen LogP contribution in [0.25, 0.3) is 0 Å². The zero-order valence-electron chi connectivity index (χ0n) is 11.3. The van der Waals surface area contributed by atoms with Crippen molar-refractivity contribution in [1.29, 1.82) is 5.26 Å². The highest BCUT2D eigenvalue weighted by Gasteiger charge is 2.43. The minimum atomic E-state index is -0.468. The second-order valence-corrected chi connectivity index (χ2v) is 7.33. The van der Waals surface area contributed by atoms with Gasteiger partial charge >= 0.3 is 0 Å². The molecule has 0 heterocycles. The van der Waals surface area contributed by atoms with Crippen molar-refractivity contribution in [2.24, 2.45) is 10.8 Å². The average molecular weight is 255 g/mol. The summed E-state index contributed by atoms with van der Waals surface area (Å²) in [4.78, 5) is 0. The summed E-state index contributed by atoms with van der Waals surface area (Å²) in [5.74, 6) is 2.05. The lowest BCUT2D eigenvalue weighted by molar-refractivity contribution is 0.00973. The molecule has 0 aromatic heterocycles. The van der Waals surface area contributed by atoms with Crippen LogP contribution in [0.15, 0.2) is 0 Å². The number of aliphatic hydroxyl groups is 1. The zero-order chi connectivity index (χ0) is 12.9. The molecule has 0 bridgehead atoms. The first-order valence-electron chi connectivity index (χ1n) is 6.63. The molecule has 17 heavy (non-hydrogen) atoms. The number of nitrogens with zero attached hydrogens (tertiary/aromatic N) is 1. The molecule has 0 spiro atoms. The molecule has 1 fully saturated rings. The fourth-order valence-electron chi connectivity index (χ4n) is 2.51. The first kappa shape index (κ1) is 14.9. The first-order chi connectivity index (χ1) is 7.96. The predicted octanol–water partition coefficient (Wildman–Crippen LogP) is 3.60. The summed E-state index contributed by atoms with van der Waals surface area (Å²) >= 11 is 1.84. The van der Waals surface area contributed by atoms with Crippen LogP contribution in [0, 0.1) is 22.2 Å². The summed E-state index contributed by atoms with van der Waals surface area (Å²) in [6, 6.07) is 2.42. The van der Waals surface area contributed by atoms with Gasteiger partial charge in [-0.3, -0.25) is 0 Å². The molecule has 1 rings (SSSR count). The fourth-order valence-corrected chi connectivity index (χ4v) is 3.19. The lowest BCUT2D eigenvalue weighted by Gasteiger charge is -2.41. The lowest BCUT2D eigenvalue weighted by Crippen LogP contribution is -2.40. The van der Waals surface area contributed by atoms with Gasteiger partial charge in [-0.25, -0.2) is 0 Å². The van der Waals surface area contributed by atoms with Gasteiger partial charge in [0.05, 0.1) is 17.6 Å². The average Bonchev–Trinajstić information content (AvgIpc) is 2.30.